The molecule has 2 aliphatic heterocycles. The normalized spacial score (nSPS) is 28.4. The Morgan fingerprint density at radius 1 is 1.26 bits per heavy atom. The lowest BCUT2D eigenvalue weighted by atomic mass is 9.87. The van der Waals surface area contributed by atoms with Gasteiger partial charge in [0.15, 0.2) is 5.60 Å². The highest BCUT2D eigenvalue weighted by Gasteiger charge is 2.44. The van der Waals surface area contributed by atoms with Crippen molar-refractivity contribution < 1.29 is 14.6 Å². The number of rotatable bonds is 5. The molecular weight excluding hydrogens is 292 g/mol. The fourth-order valence-corrected chi connectivity index (χ4v) is 3.85. The quantitative estimate of drug-likeness (QED) is 0.836. The molecule has 1 N–H and O–H groups in total. The van der Waals surface area contributed by atoms with Crippen LogP contribution in [-0.4, -0.2) is 72.9 Å². The van der Waals surface area contributed by atoms with Gasteiger partial charge in [-0.05, 0) is 50.1 Å². The fraction of sp³-hybridized carbons (Fsp3) is 0.944. The van der Waals surface area contributed by atoms with E-state index in [0.717, 1.165) is 45.5 Å². The van der Waals surface area contributed by atoms with E-state index in [1.807, 2.05) is 4.90 Å². The Kier molecular flexibility index (Phi) is 6.09. The van der Waals surface area contributed by atoms with Crippen molar-refractivity contribution in [2.24, 2.45) is 11.3 Å². The largest absolute Gasteiger partial charge is 0.384 e. The number of likely N-dealkylation sites (tertiary alicyclic amines) is 2. The zero-order valence-corrected chi connectivity index (χ0v) is 15.3. The fourth-order valence-electron chi connectivity index (χ4n) is 3.85. The number of aliphatic hydroxyl groups is 1. The number of nitrogens with zero attached hydrogens (tertiary/aromatic N) is 2. The van der Waals surface area contributed by atoms with E-state index in [1.54, 1.807) is 7.11 Å². The predicted molar refractivity (Wildman–Crippen MR) is 91.3 cm³/mol. The molecule has 1 amide bonds. The lowest BCUT2D eigenvalue weighted by Gasteiger charge is -2.43. The average Bonchev–Trinajstić information content (AvgIpc) is 2.45. The third kappa shape index (κ3) is 5.16. The van der Waals surface area contributed by atoms with Crippen LogP contribution in [0.3, 0.4) is 0 Å². The molecule has 1 atom stereocenters. The molecule has 2 fully saturated rings. The standard InChI is InChI=1S/C18H34N2O3/c1-17(2,3)13-20-9-5-8-18(22,16(20)21)14-19-10-6-15(7-11-19)12-23-4/h15,22H,5-14H2,1-4H3/t18-/m1/s1. The molecule has 5 heteroatoms. The van der Waals surface area contributed by atoms with Crippen molar-refractivity contribution in [1.29, 1.82) is 0 Å². The minimum absolute atomic E-state index is 0.0619. The van der Waals surface area contributed by atoms with Crippen LogP contribution in [0.15, 0.2) is 0 Å². The van der Waals surface area contributed by atoms with Gasteiger partial charge in [0, 0.05) is 33.4 Å². The number of piperidine rings is 2. The van der Waals surface area contributed by atoms with E-state index in [0.29, 0.717) is 25.4 Å². The Morgan fingerprint density at radius 3 is 2.48 bits per heavy atom. The Balaban J connectivity index is 1.91. The summed E-state index contributed by atoms with van der Waals surface area (Å²) >= 11 is 0. The van der Waals surface area contributed by atoms with Crippen molar-refractivity contribution in [2.45, 2.75) is 52.1 Å². The van der Waals surface area contributed by atoms with Crippen LogP contribution in [0.25, 0.3) is 0 Å². The highest BCUT2D eigenvalue weighted by molar-refractivity contribution is 5.86. The van der Waals surface area contributed by atoms with Gasteiger partial charge in [-0.25, -0.2) is 0 Å². The first-order chi connectivity index (χ1) is 10.7. The highest BCUT2D eigenvalue weighted by Crippen LogP contribution is 2.28. The van der Waals surface area contributed by atoms with Gasteiger partial charge >= 0.3 is 0 Å². The number of hydrogen-bond donors (Lipinski definition) is 1. The van der Waals surface area contributed by atoms with Crippen LogP contribution in [-0.2, 0) is 9.53 Å². The van der Waals surface area contributed by atoms with E-state index < -0.39 is 5.60 Å². The van der Waals surface area contributed by atoms with Crippen molar-refractivity contribution in [2.75, 3.05) is 46.4 Å². The maximum Gasteiger partial charge on any atom is 0.255 e. The van der Waals surface area contributed by atoms with E-state index in [1.165, 1.54) is 0 Å². The van der Waals surface area contributed by atoms with Crippen LogP contribution in [0.5, 0.6) is 0 Å². The summed E-state index contributed by atoms with van der Waals surface area (Å²) in [6.07, 6.45) is 3.65. The molecule has 0 unspecified atom stereocenters. The number of ether oxygens (including phenoxy) is 1. The molecule has 0 bridgehead atoms. The van der Waals surface area contributed by atoms with Crippen molar-refractivity contribution in [3.63, 3.8) is 0 Å². The summed E-state index contributed by atoms with van der Waals surface area (Å²) in [6, 6.07) is 0. The van der Waals surface area contributed by atoms with Gasteiger partial charge in [0.25, 0.3) is 5.91 Å². The van der Waals surface area contributed by atoms with Gasteiger partial charge in [0.2, 0.25) is 0 Å². The van der Waals surface area contributed by atoms with Crippen LogP contribution in [0.1, 0.15) is 46.5 Å². The monoisotopic (exact) mass is 326 g/mol. The molecule has 0 aromatic rings. The molecule has 0 aromatic heterocycles. The van der Waals surface area contributed by atoms with E-state index in [-0.39, 0.29) is 11.3 Å². The number of carbonyl (C=O) groups is 1. The van der Waals surface area contributed by atoms with Crippen molar-refractivity contribution in [3.05, 3.63) is 0 Å². The van der Waals surface area contributed by atoms with Gasteiger partial charge in [-0.3, -0.25) is 9.69 Å². The summed E-state index contributed by atoms with van der Waals surface area (Å²) < 4.78 is 5.24. The van der Waals surface area contributed by atoms with Crippen LogP contribution in [0.2, 0.25) is 0 Å². The van der Waals surface area contributed by atoms with E-state index in [4.69, 9.17) is 4.74 Å². The summed E-state index contributed by atoms with van der Waals surface area (Å²) in [5.41, 5.74) is -1.13. The molecule has 0 aromatic carbocycles. The van der Waals surface area contributed by atoms with Crippen LogP contribution >= 0.6 is 0 Å². The Bertz CT molecular complexity index is 400. The molecule has 2 heterocycles. The topological polar surface area (TPSA) is 53.0 Å². The summed E-state index contributed by atoms with van der Waals surface area (Å²) in [7, 11) is 1.75. The summed E-state index contributed by atoms with van der Waals surface area (Å²) in [4.78, 5) is 16.9. The second-order valence-corrected chi connectivity index (χ2v) is 8.60. The lowest BCUT2D eigenvalue weighted by molar-refractivity contribution is -0.161. The average molecular weight is 326 g/mol. The molecule has 2 aliphatic rings. The zero-order chi connectivity index (χ0) is 17.1. The van der Waals surface area contributed by atoms with Gasteiger partial charge in [0.1, 0.15) is 0 Å². The molecule has 2 saturated heterocycles. The molecule has 0 saturated carbocycles. The molecule has 0 radical (unpaired) electrons. The summed E-state index contributed by atoms with van der Waals surface area (Å²) in [5, 5.41) is 11.0. The Morgan fingerprint density at radius 2 is 1.91 bits per heavy atom. The zero-order valence-electron chi connectivity index (χ0n) is 15.3. The molecule has 0 aliphatic carbocycles. The van der Waals surface area contributed by atoms with E-state index in [2.05, 4.69) is 25.7 Å². The first-order valence-corrected chi connectivity index (χ1v) is 8.96. The minimum Gasteiger partial charge on any atom is -0.384 e. The number of amides is 1. The van der Waals surface area contributed by atoms with Crippen molar-refractivity contribution in [1.82, 2.24) is 9.80 Å². The molecule has 5 nitrogen and oxygen atoms in total. The molecular formula is C18H34N2O3. The minimum atomic E-state index is -1.20. The smallest absolute Gasteiger partial charge is 0.255 e. The highest BCUT2D eigenvalue weighted by atomic mass is 16.5. The van der Waals surface area contributed by atoms with E-state index >= 15 is 0 Å². The first kappa shape index (κ1) is 18.7. The van der Waals surface area contributed by atoms with Gasteiger partial charge < -0.3 is 14.7 Å². The number of methoxy groups -OCH3 is 1. The maximum absolute atomic E-state index is 12.8. The van der Waals surface area contributed by atoms with Crippen LogP contribution in [0, 0.1) is 11.3 Å². The molecule has 0 spiro atoms. The number of carbonyl (C=O) groups excluding carboxylic acids is 1. The third-order valence-corrected chi connectivity index (χ3v) is 4.96. The van der Waals surface area contributed by atoms with Gasteiger partial charge in [-0.2, -0.15) is 0 Å². The Labute approximate surface area is 141 Å². The molecule has 2 rings (SSSR count). The van der Waals surface area contributed by atoms with Crippen LogP contribution in [0.4, 0.5) is 0 Å². The Hall–Kier alpha value is -0.650. The van der Waals surface area contributed by atoms with Crippen molar-refractivity contribution >= 4 is 5.91 Å². The van der Waals surface area contributed by atoms with E-state index in [9.17, 15) is 9.90 Å². The number of β-amino-alcohol motifs (C(OH)–C–C–N with tert-alkyl or cyclic N) is 1. The first-order valence-electron chi connectivity index (χ1n) is 8.96. The summed E-state index contributed by atoms with van der Waals surface area (Å²) in [6.45, 7) is 11.1. The van der Waals surface area contributed by atoms with Gasteiger partial charge in [-0.15, -0.1) is 0 Å². The maximum atomic E-state index is 12.8. The van der Waals surface area contributed by atoms with Crippen molar-refractivity contribution in [3.8, 4) is 0 Å². The second-order valence-electron chi connectivity index (χ2n) is 8.60. The van der Waals surface area contributed by atoms with Crippen LogP contribution < -0.4 is 0 Å². The summed E-state index contributed by atoms with van der Waals surface area (Å²) in [5.74, 6) is 0.544. The lowest BCUT2D eigenvalue weighted by Crippen LogP contribution is -2.60. The third-order valence-electron chi connectivity index (χ3n) is 4.96. The molecule has 23 heavy (non-hydrogen) atoms. The SMILES string of the molecule is COCC1CCN(C[C@]2(O)CCCN(CC(C)(C)C)C2=O)CC1. The van der Waals surface area contributed by atoms with Gasteiger partial charge in [0.05, 0.1) is 0 Å². The van der Waals surface area contributed by atoms with Gasteiger partial charge in [-0.1, -0.05) is 20.8 Å². The second kappa shape index (κ2) is 7.49. The molecule has 134 valence electrons. The predicted octanol–water partition coefficient (Wildman–Crippen LogP) is 1.74. The number of hydrogen-bond acceptors (Lipinski definition) is 4.